The van der Waals surface area contributed by atoms with Gasteiger partial charge in [0.2, 0.25) is 0 Å². The molecule has 0 spiro atoms. The molecule has 2 N–H and O–H groups in total. The van der Waals surface area contributed by atoms with Gasteiger partial charge in [-0.05, 0) is 50.9 Å². The van der Waals surface area contributed by atoms with Gasteiger partial charge >= 0.3 is 0 Å². The number of nitrogens with zero attached hydrogens (tertiary/aromatic N) is 1. The van der Waals surface area contributed by atoms with Gasteiger partial charge in [0.1, 0.15) is 0 Å². The minimum Gasteiger partial charge on any atom is -0.382 e. The molecule has 0 aromatic carbocycles. The van der Waals surface area contributed by atoms with Crippen LogP contribution in [0, 0.1) is 11.3 Å². The Balaban J connectivity index is 1.88. The van der Waals surface area contributed by atoms with E-state index in [1.807, 2.05) is 0 Å². The van der Waals surface area contributed by atoms with E-state index < -0.39 is 0 Å². The summed E-state index contributed by atoms with van der Waals surface area (Å²) in [6.07, 6.45) is 7.76. The average Bonchev–Trinajstić information content (AvgIpc) is 2.98. The van der Waals surface area contributed by atoms with Gasteiger partial charge in [0, 0.05) is 32.3 Å². The monoisotopic (exact) mass is 295 g/mol. The normalized spacial score (nSPS) is 27.7. The molecule has 2 aliphatic carbocycles. The molecule has 0 radical (unpaired) electrons. The first kappa shape index (κ1) is 16.6. The van der Waals surface area contributed by atoms with Crippen LogP contribution in [0.5, 0.6) is 0 Å². The van der Waals surface area contributed by atoms with Gasteiger partial charge in [0.05, 0.1) is 0 Å². The van der Waals surface area contributed by atoms with Crippen molar-refractivity contribution in [3.05, 3.63) is 0 Å². The van der Waals surface area contributed by atoms with Gasteiger partial charge in [-0.2, -0.15) is 0 Å². The molecule has 122 valence electrons. The fourth-order valence-corrected chi connectivity index (χ4v) is 3.31. The van der Waals surface area contributed by atoms with Crippen molar-refractivity contribution in [2.45, 2.75) is 65.3 Å². The summed E-state index contributed by atoms with van der Waals surface area (Å²) in [6, 6.07) is 0.630. The number of hydrogen-bond donors (Lipinski definition) is 2. The maximum absolute atomic E-state index is 5.58. The Hall–Kier alpha value is -0.770. The Morgan fingerprint density at radius 3 is 2.57 bits per heavy atom. The van der Waals surface area contributed by atoms with Crippen LogP contribution in [0.4, 0.5) is 0 Å². The van der Waals surface area contributed by atoms with Gasteiger partial charge in [-0.3, -0.25) is 4.99 Å². The second kappa shape index (κ2) is 8.02. The molecule has 0 aromatic rings. The minimum atomic E-state index is 0.382. The average molecular weight is 295 g/mol. The van der Waals surface area contributed by atoms with Crippen molar-refractivity contribution in [2.75, 3.05) is 26.3 Å². The highest BCUT2D eigenvalue weighted by Gasteiger charge is 2.35. The summed E-state index contributed by atoms with van der Waals surface area (Å²) >= 11 is 0. The fraction of sp³-hybridized carbons (Fsp3) is 0.941. The van der Waals surface area contributed by atoms with Crippen LogP contribution in [-0.2, 0) is 4.74 Å². The smallest absolute Gasteiger partial charge is 0.191 e. The fourth-order valence-electron chi connectivity index (χ4n) is 3.31. The molecule has 4 nitrogen and oxygen atoms in total. The third kappa shape index (κ3) is 5.17. The highest BCUT2D eigenvalue weighted by Crippen LogP contribution is 2.41. The summed E-state index contributed by atoms with van der Waals surface area (Å²) in [6.45, 7) is 10.1. The molecular weight excluding hydrogens is 262 g/mol. The van der Waals surface area contributed by atoms with Crippen molar-refractivity contribution in [3.8, 4) is 0 Å². The molecule has 0 amide bonds. The second-order valence-electron chi connectivity index (χ2n) is 6.81. The summed E-state index contributed by atoms with van der Waals surface area (Å²) < 4.78 is 5.58. The third-order valence-corrected chi connectivity index (χ3v) is 4.99. The molecule has 21 heavy (non-hydrogen) atoms. The molecule has 2 saturated carbocycles. The summed E-state index contributed by atoms with van der Waals surface area (Å²) in [5, 5.41) is 6.95. The number of rotatable bonds is 8. The third-order valence-electron chi connectivity index (χ3n) is 4.99. The zero-order chi connectivity index (χ0) is 15.1. The number of guanidine groups is 1. The summed E-state index contributed by atoms with van der Waals surface area (Å²) in [5.41, 5.74) is 0.382. The largest absolute Gasteiger partial charge is 0.382 e. The first-order valence-electron chi connectivity index (χ1n) is 8.82. The molecule has 0 saturated heterocycles. The Bertz CT molecular complexity index is 337. The van der Waals surface area contributed by atoms with E-state index in [4.69, 9.17) is 9.73 Å². The van der Waals surface area contributed by atoms with E-state index in [0.717, 1.165) is 44.6 Å². The van der Waals surface area contributed by atoms with E-state index in [-0.39, 0.29) is 0 Å². The van der Waals surface area contributed by atoms with Crippen molar-refractivity contribution < 1.29 is 4.74 Å². The van der Waals surface area contributed by atoms with Crippen LogP contribution in [0.1, 0.15) is 59.3 Å². The van der Waals surface area contributed by atoms with Crippen molar-refractivity contribution >= 4 is 5.96 Å². The SMILES string of the molecule is CCNC(=NCC1(CCOCC)CCCC1)NC1CC1C. The highest BCUT2D eigenvalue weighted by molar-refractivity contribution is 5.80. The molecule has 0 aliphatic heterocycles. The lowest BCUT2D eigenvalue weighted by Gasteiger charge is -2.27. The van der Waals surface area contributed by atoms with Crippen molar-refractivity contribution in [3.63, 3.8) is 0 Å². The number of aliphatic imine (C=N–C) groups is 1. The molecule has 4 heteroatoms. The van der Waals surface area contributed by atoms with Gasteiger partial charge < -0.3 is 15.4 Å². The Kier molecular flexibility index (Phi) is 6.34. The molecule has 2 atom stereocenters. The number of ether oxygens (including phenoxy) is 1. The topological polar surface area (TPSA) is 45.7 Å². The molecular formula is C17H33N3O. The van der Waals surface area contributed by atoms with Crippen LogP contribution in [-0.4, -0.2) is 38.3 Å². The molecule has 2 fully saturated rings. The lowest BCUT2D eigenvalue weighted by molar-refractivity contribution is 0.107. The van der Waals surface area contributed by atoms with Crippen LogP contribution in [0.2, 0.25) is 0 Å². The molecule has 0 heterocycles. The maximum Gasteiger partial charge on any atom is 0.191 e. The standard InChI is InChI=1S/C17H33N3O/c1-4-18-16(20-15-12-14(15)3)19-13-17(8-6-7-9-17)10-11-21-5-2/h14-15H,4-13H2,1-3H3,(H2,18,19,20). The van der Waals surface area contributed by atoms with E-state index in [1.54, 1.807) is 0 Å². The lowest BCUT2D eigenvalue weighted by atomic mass is 9.83. The quantitative estimate of drug-likeness (QED) is 0.411. The summed E-state index contributed by atoms with van der Waals surface area (Å²) in [4.78, 5) is 4.90. The van der Waals surface area contributed by atoms with Crippen molar-refractivity contribution in [1.29, 1.82) is 0 Å². The first-order valence-corrected chi connectivity index (χ1v) is 8.82. The predicted octanol–water partition coefficient (Wildman–Crippen LogP) is 2.94. The molecule has 0 bridgehead atoms. The summed E-state index contributed by atoms with van der Waals surface area (Å²) in [7, 11) is 0. The highest BCUT2D eigenvalue weighted by atomic mass is 16.5. The van der Waals surface area contributed by atoms with Crippen LogP contribution >= 0.6 is 0 Å². The first-order chi connectivity index (χ1) is 10.2. The van der Waals surface area contributed by atoms with E-state index in [1.165, 1.54) is 32.1 Å². The van der Waals surface area contributed by atoms with E-state index in [0.29, 0.717) is 11.5 Å². The van der Waals surface area contributed by atoms with Gasteiger partial charge in [0.25, 0.3) is 0 Å². The van der Waals surface area contributed by atoms with Crippen LogP contribution < -0.4 is 10.6 Å². The molecule has 0 aromatic heterocycles. The van der Waals surface area contributed by atoms with Gasteiger partial charge in [-0.1, -0.05) is 19.8 Å². The second-order valence-corrected chi connectivity index (χ2v) is 6.81. The lowest BCUT2D eigenvalue weighted by Crippen LogP contribution is -2.40. The molecule has 2 rings (SSSR count). The van der Waals surface area contributed by atoms with Crippen molar-refractivity contribution in [1.82, 2.24) is 10.6 Å². The molecule has 2 aliphatic rings. The zero-order valence-electron chi connectivity index (χ0n) is 14.1. The Labute approximate surface area is 130 Å². The number of hydrogen-bond acceptors (Lipinski definition) is 2. The molecule has 2 unspecified atom stereocenters. The van der Waals surface area contributed by atoms with Crippen molar-refractivity contribution in [2.24, 2.45) is 16.3 Å². The van der Waals surface area contributed by atoms with Crippen LogP contribution in [0.25, 0.3) is 0 Å². The Morgan fingerprint density at radius 1 is 1.29 bits per heavy atom. The van der Waals surface area contributed by atoms with Gasteiger partial charge in [0.15, 0.2) is 5.96 Å². The van der Waals surface area contributed by atoms with Gasteiger partial charge in [-0.15, -0.1) is 0 Å². The zero-order valence-corrected chi connectivity index (χ0v) is 14.1. The minimum absolute atomic E-state index is 0.382. The Morgan fingerprint density at radius 2 is 2.00 bits per heavy atom. The van der Waals surface area contributed by atoms with E-state index >= 15 is 0 Å². The van der Waals surface area contributed by atoms with Gasteiger partial charge in [-0.25, -0.2) is 0 Å². The maximum atomic E-state index is 5.58. The van der Waals surface area contributed by atoms with E-state index in [9.17, 15) is 0 Å². The van der Waals surface area contributed by atoms with E-state index in [2.05, 4.69) is 31.4 Å². The van der Waals surface area contributed by atoms with Crippen LogP contribution in [0.3, 0.4) is 0 Å². The van der Waals surface area contributed by atoms with Crippen LogP contribution in [0.15, 0.2) is 4.99 Å². The predicted molar refractivity (Wildman–Crippen MR) is 88.7 cm³/mol. The number of nitrogens with one attached hydrogen (secondary N) is 2. The summed E-state index contributed by atoms with van der Waals surface area (Å²) in [5.74, 6) is 1.81.